The number of carbonyl (C=O) groups is 2. The third-order valence-corrected chi connectivity index (χ3v) is 2.97. The van der Waals surface area contributed by atoms with E-state index in [1.807, 2.05) is 12.1 Å². The van der Waals surface area contributed by atoms with Gasteiger partial charge >= 0.3 is 0 Å². The Bertz CT molecular complexity index is 517. The van der Waals surface area contributed by atoms with Crippen LogP contribution in [0.3, 0.4) is 0 Å². The van der Waals surface area contributed by atoms with E-state index in [0.717, 1.165) is 11.1 Å². The molecule has 0 spiro atoms. The third kappa shape index (κ3) is 2.02. The molecule has 0 bridgehead atoms. The number of carbonyl (C=O) groups excluding carboxylic acids is 2. The van der Waals surface area contributed by atoms with Gasteiger partial charge in [-0.1, -0.05) is 12.1 Å². The van der Waals surface area contributed by atoms with Gasteiger partial charge in [-0.2, -0.15) is 0 Å². The summed E-state index contributed by atoms with van der Waals surface area (Å²) >= 11 is 0. The predicted molar refractivity (Wildman–Crippen MR) is 68.8 cm³/mol. The van der Waals surface area contributed by atoms with Gasteiger partial charge in [0.15, 0.2) is 0 Å². The van der Waals surface area contributed by atoms with Crippen LogP contribution >= 0.6 is 0 Å². The Morgan fingerprint density at radius 3 is 2.67 bits per heavy atom. The number of hydrogen-bond acceptors (Lipinski definition) is 4. The summed E-state index contributed by atoms with van der Waals surface area (Å²) < 4.78 is 0. The molecule has 0 atom stereocenters. The van der Waals surface area contributed by atoms with Crippen molar-refractivity contribution in [3.63, 3.8) is 0 Å². The number of benzene rings is 1. The summed E-state index contributed by atoms with van der Waals surface area (Å²) in [6, 6.07) is 5.44. The molecule has 0 radical (unpaired) electrons. The van der Waals surface area contributed by atoms with Gasteiger partial charge in [0.25, 0.3) is 5.91 Å². The zero-order valence-corrected chi connectivity index (χ0v) is 10.6. The van der Waals surface area contributed by atoms with Crippen LogP contribution in [0.1, 0.15) is 25.0 Å². The molecule has 4 N–H and O–H groups in total. The molecule has 5 heteroatoms. The molecule has 0 saturated carbocycles. The molecule has 1 aliphatic rings. The first-order valence-electron chi connectivity index (χ1n) is 5.82. The van der Waals surface area contributed by atoms with E-state index in [9.17, 15) is 9.59 Å². The summed E-state index contributed by atoms with van der Waals surface area (Å²) in [6.45, 7) is 3.60. The topological polar surface area (TPSA) is 89.4 Å². The smallest absolute Gasteiger partial charge is 0.253 e. The molecule has 0 unspecified atom stereocenters. The Kier molecular flexibility index (Phi) is 2.96. The molecule has 0 saturated heterocycles. The minimum atomic E-state index is -1.07. The van der Waals surface area contributed by atoms with Gasteiger partial charge in [-0.3, -0.25) is 9.59 Å². The molecular formula is C13H17N3O2. The summed E-state index contributed by atoms with van der Waals surface area (Å²) in [5.74, 6) is -0.616. The Morgan fingerprint density at radius 1 is 1.44 bits per heavy atom. The number of anilines is 1. The van der Waals surface area contributed by atoms with E-state index in [0.29, 0.717) is 12.2 Å². The molecule has 1 aliphatic heterocycles. The van der Waals surface area contributed by atoms with Crippen molar-refractivity contribution >= 4 is 17.5 Å². The lowest BCUT2D eigenvalue weighted by molar-refractivity contribution is -0.128. The summed E-state index contributed by atoms with van der Waals surface area (Å²) in [6.07, 6.45) is 0.227. The number of nitrogens with zero attached hydrogens (tertiary/aromatic N) is 1. The summed E-state index contributed by atoms with van der Waals surface area (Å²) in [5, 5.41) is 0. The quantitative estimate of drug-likeness (QED) is 0.786. The Hall–Kier alpha value is -1.72. The molecule has 1 aromatic rings. The van der Waals surface area contributed by atoms with Crippen molar-refractivity contribution < 1.29 is 9.59 Å². The standard InChI is InChI=1S/C13H17N3O2/c1-13(2,15)12(18)16-10-4-3-8(7-14)5-9(10)6-11(16)17/h3-5H,6-7,14-15H2,1-2H3. The van der Waals surface area contributed by atoms with Gasteiger partial charge in [-0.05, 0) is 31.0 Å². The highest BCUT2D eigenvalue weighted by atomic mass is 16.2. The molecule has 0 aromatic heterocycles. The van der Waals surface area contributed by atoms with Gasteiger partial charge in [-0.25, -0.2) is 4.90 Å². The Labute approximate surface area is 106 Å². The lowest BCUT2D eigenvalue weighted by Gasteiger charge is -2.24. The molecule has 96 valence electrons. The zero-order valence-electron chi connectivity index (χ0n) is 10.6. The normalized spacial score (nSPS) is 14.9. The van der Waals surface area contributed by atoms with E-state index in [2.05, 4.69) is 0 Å². The molecule has 5 nitrogen and oxygen atoms in total. The highest BCUT2D eigenvalue weighted by molar-refractivity contribution is 6.21. The highest BCUT2D eigenvalue weighted by Gasteiger charge is 2.38. The van der Waals surface area contributed by atoms with Crippen molar-refractivity contribution in [2.24, 2.45) is 11.5 Å². The summed E-state index contributed by atoms with van der Waals surface area (Å²) in [7, 11) is 0. The van der Waals surface area contributed by atoms with Crippen LogP contribution in [0.5, 0.6) is 0 Å². The minimum absolute atomic E-state index is 0.227. The number of amides is 2. The van der Waals surface area contributed by atoms with Gasteiger partial charge in [0.1, 0.15) is 0 Å². The van der Waals surface area contributed by atoms with Crippen molar-refractivity contribution in [1.29, 1.82) is 0 Å². The second-order valence-corrected chi connectivity index (χ2v) is 5.10. The fraction of sp³-hybridized carbons (Fsp3) is 0.385. The number of fused-ring (bicyclic) bond motifs is 1. The van der Waals surface area contributed by atoms with E-state index in [1.54, 1.807) is 19.9 Å². The van der Waals surface area contributed by atoms with Crippen LogP contribution in [0.2, 0.25) is 0 Å². The van der Waals surface area contributed by atoms with Crippen molar-refractivity contribution in [3.05, 3.63) is 29.3 Å². The molecule has 1 aromatic carbocycles. The van der Waals surface area contributed by atoms with E-state index < -0.39 is 5.54 Å². The second kappa shape index (κ2) is 4.19. The molecule has 18 heavy (non-hydrogen) atoms. The maximum absolute atomic E-state index is 12.1. The van der Waals surface area contributed by atoms with Crippen molar-refractivity contribution in [3.8, 4) is 0 Å². The van der Waals surface area contributed by atoms with E-state index >= 15 is 0 Å². The van der Waals surface area contributed by atoms with Gasteiger partial charge < -0.3 is 11.5 Å². The maximum atomic E-state index is 12.1. The number of hydrogen-bond donors (Lipinski definition) is 2. The van der Waals surface area contributed by atoms with Crippen LogP contribution in [0.15, 0.2) is 18.2 Å². The van der Waals surface area contributed by atoms with Crippen LogP contribution in [-0.2, 0) is 22.6 Å². The van der Waals surface area contributed by atoms with Gasteiger partial charge in [0.2, 0.25) is 5.91 Å². The summed E-state index contributed by atoms with van der Waals surface area (Å²) in [4.78, 5) is 25.3. The van der Waals surface area contributed by atoms with Crippen LogP contribution in [0.25, 0.3) is 0 Å². The van der Waals surface area contributed by atoms with Gasteiger partial charge in [0.05, 0.1) is 17.6 Å². The number of rotatable bonds is 2. The number of nitrogens with two attached hydrogens (primary N) is 2. The average Bonchev–Trinajstić information content (AvgIpc) is 2.61. The molecular weight excluding hydrogens is 230 g/mol. The first kappa shape index (κ1) is 12.7. The number of imide groups is 1. The van der Waals surface area contributed by atoms with Crippen LogP contribution in [-0.4, -0.2) is 17.4 Å². The Morgan fingerprint density at radius 2 is 2.11 bits per heavy atom. The first-order chi connectivity index (χ1) is 8.34. The third-order valence-electron chi connectivity index (χ3n) is 2.97. The van der Waals surface area contributed by atoms with Crippen molar-refractivity contribution in [1.82, 2.24) is 0 Å². The van der Waals surface area contributed by atoms with Crippen molar-refractivity contribution in [2.45, 2.75) is 32.4 Å². The monoisotopic (exact) mass is 247 g/mol. The van der Waals surface area contributed by atoms with Crippen LogP contribution in [0, 0.1) is 0 Å². The highest BCUT2D eigenvalue weighted by Crippen LogP contribution is 2.31. The van der Waals surface area contributed by atoms with E-state index in [1.165, 1.54) is 4.90 Å². The first-order valence-corrected chi connectivity index (χ1v) is 5.82. The van der Waals surface area contributed by atoms with E-state index in [4.69, 9.17) is 11.5 Å². The fourth-order valence-corrected chi connectivity index (χ4v) is 2.01. The molecule has 2 rings (SSSR count). The van der Waals surface area contributed by atoms with E-state index in [-0.39, 0.29) is 18.2 Å². The molecule has 0 aliphatic carbocycles. The maximum Gasteiger partial charge on any atom is 0.253 e. The fourth-order valence-electron chi connectivity index (χ4n) is 2.01. The Balaban J connectivity index is 2.43. The second-order valence-electron chi connectivity index (χ2n) is 5.10. The van der Waals surface area contributed by atoms with Crippen LogP contribution < -0.4 is 16.4 Å². The molecule has 1 heterocycles. The molecule has 0 fully saturated rings. The predicted octanol–water partition coefficient (Wildman–Crippen LogP) is 0.298. The minimum Gasteiger partial charge on any atom is -0.326 e. The van der Waals surface area contributed by atoms with Crippen LogP contribution in [0.4, 0.5) is 5.69 Å². The lowest BCUT2D eigenvalue weighted by Crippen LogP contribution is -2.52. The molecule has 2 amide bonds. The van der Waals surface area contributed by atoms with Crippen molar-refractivity contribution in [2.75, 3.05) is 4.90 Å². The zero-order chi connectivity index (χ0) is 13.5. The van der Waals surface area contributed by atoms with Gasteiger partial charge in [-0.15, -0.1) is 0 Å². The average molecular weight is 247 g/mol. The van der Waals surface area contributed by atoms with Gasteiger partial charge in [0, 0.05) is 6.54 Å². The lowest BCUT2D eigenvalue weighted by atomic mass is 10.0. The SMILES string of the molecule is CC(C)(N)C(=O)N1C(=O)Cc2cc(CN)ccc21. The largest absolute Gasteiger partial charge is 0.326 e. The summed E-state index contributed by atoms with van der Waals surface area (Å²) in [5.41, 5.74) is 12.7.